The number of aliphatic carboxylic acids is 2. The number of nitrogens with two attached hydrogens (primary N) is 1. The zero-order chi connectivity index (χ0) is 12.6. The minimum atomic E-state index is -1.15. The Kier molecular flexibility index (Phi) is 2.85. The van der Waals surface area contributed by atoms with Crippen LogP contribution in [0.5, 0.6) is 0 Å². The highest BCUT2D eigenvalue weighted by Gasteiger charge is 2.59. The third kappa shape index (κ3) is 2.01. The molecule has 4 atom stereocenters. The van der Waals surface area contributed by atoms with Crippen LogP contribution in [-0.4, -0.2) is 28.2 Å². The summed E-state index contributed by atoms with van der Waals surface area (Å²) in [6, 6.07) is 7.91. The van der Waals surface area contributed by atoms with E-state index in [0.29, 0.717) is 0 Å². The van der Waals surface area contributed by atoms with Gasteiger partial charge in [-0.3, -0.25) is 9.59 Å². The summed E-state index contributed by atoms with van der Waals surface area (Å²) in [6.07, 6.45) is 0. The fourth-order valence-electron chi connectivity index (χ4n) is 2.37. The summed E-state index contributed by atoms with van der Waals surface area (Å²) in [5.74, 6) is -3.64. The van der Waals surface area contributed by atoms with E-state index < -0.39 is 29.8 Å². The number of hydrogen-bond acceptors (Lipinski definition) is 3. The van der Waals surface area contributed by atoms with Crippen molar-refractivity contribution in [3.8, 4) is 0 Å². The summed E-state index contributed by atoms with van der Waals surface area (Å²) in [5.41, 5.74) is 6.35. The highest BCUT2D eigenvalue weighted by molar-refractivity contribution is 5.81. The van der Waals surface area contributed by atoms with Crippen molar-refractivity contribution in [2.75, 3.05) is 0 Å². The summed E-state index contributed by atoms with van der Waals surface area (Å²) in [4.78, 5) is 21.8. The monoisotopic (exact) mass is 235 g/mol. The van der Waals surface area contributed by atoms with Crippen molar-refractivity contribution in [1.82, 2.24) is 0 Å². The molecule has 17 heavy (non-hydrogen) atoms. The third-order valence-electron chi connectivity index (χ3n) is 3.24. The first-order valence-corrected chi connectivity index (χ1v) is 5.30. The van der Waals surface area contributed by atoms with Crippen LogP contribution in [0.3, 0.4) is 0 Å². The Labute approximate surface area is 97.9 Å². The first-order chi connectivity index (χ1) is 8.04. The second kappa shape index (κ2) is 4.18. The van der Waals surface area contributed by atoms with E-state index in [1.807, 2.05) is 6.07 Å². The number of rotatable bonds is 4. The predicted molar refractivity (Wildman–Crippen MR) is 59.4 cm³/mol. The van der Waals surface area contributed by atoms with Gasteiger partial charge in [-0.25, -0.2) is 0 Å². The van der Waals surface area contributed by atoms with Crippen LogP contribution in [0.4, 0.5) is 0 Å². The van der Waals surface area contributed by atoms with E-state index in [2.05, 4.69) is 0 Å². The maximum Gasteiger partial charge on any atom is 0.320 e. The molecule has 1 fully saturated rings. The van der Waals surface area contributed by atoms with Crippen molar-refractivity contribution < 1.29 is 19.8 Å². The molecule has 0 aromatic heterocycles. The molecular weight excluding hydrogens is 222 g/mol. The molecule has 0 radical (unpaired) electrons. The van der Waals surface area contributed by atoms with E-state index in [1.54, 1.807) is 24.3 Å². The summed E-state index contributed by atoms with van der Waals surface area (Å²) in [5, 5.41) is 17.9. The van der Waals surface area contributed by atoms with Gasteiger partial charge in [-0.05, 0) is 5.56 Å². The zero-order valence-electron chi connectivity index (χ0n) is 8.98. The van der Waals surface area contributed by atoms with E-state index in [1.165, 1.54) is 0 Å². The predicted octanol–water partition coefficient (Wildman–Crippen LogP) is 0.513. The van der Waals surface area contributed by atoms with Crippen LogP contribution < -0.4 is 5.73 Å². The molecule has 2 rings (SSSR count). The fourth-order valence-corrected chi connectivity index (χ4v) is 2.37. The Morgan fingerprint density at radius 2 is 1.76 bits per heavy atom. The molecule has 0 spiro atoms. The molecule has 90 valence electrons. The summed E-state index contributed by atoms with van der Waals surface area (Å²) in [6.45, 7) is 0. The van der Waals surface area contributed by atoms with E-state index in [4.69, 9.17) is 15.9 Å². The Hall–Kier alpha value is -1.88. The highest BCUT2D eigenvalue weighted by Crippen LogP contribution is 2.55. The SMILES string of the molecule is NC(C(=O)O)[C@@H]1[C@@H](C(=O)O)[C@@H]1c1ccccc1. The summed E-state index contributed by atoms with van der Waals surface area (Å²) < 4.78 is 0. The van der Waals surface area contributed by atoms with E-state index in [-0.39, 0.29) is 5.92 Å². The molecule has 0 saturated heterocycles. The lowest BCUT2D eigenvalue weighted by Crippen LogP contribution is -2.33. The van der Waals surface area contributed by atoms with Crippen molar-refractivity contribution in [3.05, 3.63) is 35.9 Å². The number of carboxylic acids is 2. The minimum absolute atomic E-state index is 0.292. The third-order valence-corrected chi connectivity index (χ3v) is 3.24. The second-order valence-electron chi connectivity index (χ2n) is 4.24. The standard InChI is InChI=1S/C12H13NO4/c13-10(12(16)17)8-7(9(8)11(14)15)6-4-2-1-3-5-6/h1-5,7-10H,13H2,(H,14,15)(H,16,17)/t7-,8+,9+,10?/m1/s1. The van der Waals surface area contributed by atoms with Crippen LogP contribution in [0, 0.1) is 11.8 Å². The van der Waals surface area contributed by atoms with E-state index in [0.717, 1.165) is 5.56 Å². The second-order valence-corrected chi connectivity index (χ2v) is 4.24. The molecule has 1 aliphatic rings. The minimum Gasteiger partial charge on any atom is -0.481 e. The van der Waals surface area contributed by atoms with Gasteiger partial charge in [0.15, 0.2) is 0 Å². The van der Waals surface area contributed by atoms with Crippen LogP contribution in [-0.2, 0) is 9.59 Å². The summed E-state index contributed by atoms with van der Waals surface area (Å²) >= 11 is 0. The van der Waals surface area contributed by atoms with Gasteiger partial charge in [0.05, 0.1) is 5.92 Å². The van der Waals surface area contributed by atoms with Gasteiger partial charge in [0.25, 0.3) is 0 Å². The Morgan fingerprint density at radius 1 is 1.18 bits per heavy atom. The molecule has 0 amide bonds. The Balaban J connectivity index is 2.23. The van der Waals surface area contributed by atoms with Gasteiger partial charge in [0.2, 0.25) is 0 Å². The van der Waals surface area contributed by atoms with Gasteiger partial charge < -0.3 is 15.9 Å². The van der Waals surface area contributed by atoms with Gasteiger partial charge in [0.1, 0.15) is 6.04 Å². The van der Waals surface area contributed by atoms with Gasteiger partial charge >= 0.3 is 11.9 Å². The van der Waals surface area contributed by atoms with Crippen LogP contribution in [0.25, 0.3) is 0 Å². The van der Waals surface area contributed by atoms with Crippen molar-refractivity contribution in [3.63, 3.8) is 0 Å². The maximum atomic E-state index is 11.0. The van der Waals surface area contributed by atoms with Crippen LogP contribution in [0.15, 0.2) is 30.3 Å². The molecule has 1 unspecified atom stereocenters. The first-order valence-electron chi connectivity index (χ1n) is 5.30. The van der Waals surface area contributed by atoms with Crippen LogP contribution in [0.1, 0.15) is 11.5 Å². The smallest absolute Gasteiger partial charge is 0.320 e. The first kappa shape index (κ1) is 11.6. The normalized spacial score (nSPS) is 28.4. The number of hydrogen-bond donors (Lipinski definition) is 3. The lowest BCUT2D eigenvalue weighted by atomic mass is 10.1. The van der Waals surface area contributed by atoms with Crippen molar-refractivity contribution in [1.29, 1.82) is 0 Å². The van der Waals surface area contributed by atoms with Gasteiger partial charge in [-0.1, -0.05) is 30.3 Å². The van der Waals surface area contributed by atoms with E-state index in [9.17, 15) is 9.59 Å². The van der Waals surface area contributed by atoms with E-state index >= 15 is 0 Å². The van der Waals surface area contributed by atoms with Gasteiger partial charge in [-0.2, -0.15) is 0 Å². The molecule has 1 aliphatic carbocycles. The van der Waals surface area contributed by atoms with Crippen molar-refractivity contribution >= 4 is 11.9 Å². The molecule has 1 saturated carbocycles. The fraction of sp³-hybridized carbons (Fsp3) is 0.333. The topological polar surface area (TPSA) is 101 Å². The van der Waals surface area contributed by atoms with Gasteiger partial charge in [0, 0.05) is 11.8 Å². The quantitative estimate of drug-likeness (QED) is 0.706. The number of carboxylic acid groups (broad SMARTS) is 2. The van der Waals surface area contributed by atoms with Crippen molar-refractivity contribution in [2.24, 2.45) is 17.6 Å². The number of carbonyl (C=O) groups is 2. The molecule has 0 heterocycles. The Morgan fingerprint density at radius 3 is 2.24 bits per heavy atom. The average Bonchev–Trinajstić information content (AvgIpc) is 3.04. The number of benzene rings is 1. The van der Waals surface area contributed by atoms with Crippen molar-refractivity contribution in [2.45, 2.75) is 12.0 Å². The molecule has 5 nitrogen and oxygen atoms in total. The molecular formula is C12H13NO4. The molecule has 1 aromatic rings. The molecule has 5 heteroatoms. The molecule has 4 N–H and O–H groups in total. The lowest BCUT2D eigenvalue weighted by molar-refractivity contribution is -0.140. The maximum absolute atomic E-state index is 11.0. The molecule has 0 bridgehead atoms. The molecule has 0 aliphatic heterocycles. The highest BCUT2D eigenvalue weighted by atomic mass is 16.4. The summed E-state index contributed by atoms with van der Waals surface area (Å²) in [7, 11) is 0. The average molecular weight is 235 g/mol. The van der Waals surface area contributed by atoms with Gasteiger partial charge in [-0.15, -0.1) is 0 Å². The Bertz CT molecular complexity index is 445. The van der Waals surface area contributed by atoms with Crippen LogP contribution >= 0.6 is 0 Å². The van der Waals surface area contributed by atoms with Crippen LogP contribution in [0.2, 0.25) is 0 Å². The lowest BCUT2D eigenvalue weighted by Gasteiger charge is -2.04. The molecule has 1 aromatic carbocycles. The largest absolute Gasteiger partial charge is 0.481 e. The zero-order valence-corrected chi connectivity index (χ0v) is 8.98.